The van der Waals surface area contributed by atoms with E-state index in [2.05, 4.69) is 63.6 Å². The van der Waals surface area contributed by atoms with Crippen molar-refractivity contribution < 1.29 is 9.90 Å². The molecule has 5 heterocycles. The Hall–Kier alpha value is -7.65. The molecule has 0 spiro atoms. The molecule has 0 bridgehead atoms. The van der Waals surface area contributed by atoms with Crippen molar-refractivity contribution in [1.82, 2.24) is 35.6 Å². The van der Waals surface area contributed by atoms with Crippen molar-refractivity contribution in [2.24, 2.45) is 11.3 Å². The Kier molecular flexibility index (Phi) is 15.5. The minimum Gasteiger partial charge on any atom is -0.481 e. The second-order valence-electron chi connectivity index (χ2n) is 14.8. The van der Waals surface area contributed by atoms with Crippen LogP contribution in [0.2, 0.25) is 0 Å². The fourth-order valence-electron chi connectivity index (χ4n) is 6.16. The van der Waals surface area contributed by atoms with Gasteiger partial charge in [0.15, 0.2) is 0 Å². The number of allylic oxidation sites excluding steroid dienone is 2. The Bertz CT molecular complexity index is 2660. The maximum absolute atomic E-state index is 11.5. The van der Waals surface area contributed by atoms with Gasteiger partial charge in [0, 0.05) is 49.0 Å². The van der Waals surface area contributed by atoms with E-state index in [1.165, 1.54) is 29.7 Å². The van der Waals surface area contributed by atoms with E-state index in [1.54, 1.807) is 36.7 Å². The molecule has 6 N–H and O–H groups in total. The van der Waals surface area contributed by atoms with Gasteiger partial charge >= 0.3 is 5.97 Å². The first-order valence-corrected chi connectivity index (χ1v) is 21.5. The molecule has 3 aromatic heterocycles. The number of carboxylic acid groups (broad SMARTS) is 1. The standard InChI is InChI=1S/C23H18N8S.C23H25N5O2S/c24-12-16-6-7-21(29-14-16)26-10-11-28-23-27-9-8-19(31-23)18(13-25)22-30-20(15-32-22)17-4-2-1-3-5-17;1-23(2,3)17(21(29)30)9-11-25-22-26-12-10-18(28-22)16(13-24)20-27-19(14-31-20)15-7-5-4-6-8-15/h1-9,14-15,30H,10-11H2,(H,26,29)(H,27,28,31);4-8,10,12,14,17,27H,9,11H2,1-3H3,(H,29,30)(H,25,26,28). The molecule has 63 heavy (non-hydrogen) atoms. The number of pyridine rings is 1. The Morgan fingerprint density at radius 1 is 0.698 bits per heavy atom. The zero-order valence-electron chi connectivity index (χ0n) is 34.6. The topological polar surface area (TPSA) is 233 Å². The van der Waals surface area contributed by atoms with Crippen LogP contribution in [0.5, 0.6) is 0 Å². The molecule has 0 saturated heterocycles. The van der Waals surface area contributed by atoms with Crippen LogP contribution < -0.4 is 26.6 Å². The van der Waals surface area contributed by atoms with Gasteiger partial charge in [0.1, 0.15) is 35.2 Å². The van der Waals surface area contributed by atoms with E-state index in [9.17, 15) is 20.4 Å². The highest BCUT2D eigenvalue weighted by atomic mass is 32.2. The first-order chi connectivity index (χ1) is 30.6. The van der Waals surface area contributed by atoms with Gasteiger partial charge in [-0.3, -0.25) is 4.79 Å². The Morgan fingerprint density at radius 3 is 1.65 bits per heavy atom. The Labute approximate surface area is 374 Å². The number of carbonyl (C=O) groups is 1. The summed E-state index contributed by atoms with van der Waals surface area (Å²) in [5.74, 6) is 0.184. The molecular weight excluding hydrogens is 831 g/mol. The lowest BCUT2D eigenvalue weighted by Crippen LogP contribution is -2.30. The van der Waals surface area contributed by atoms with E-state index in [0.29, 0.717) is 76.9 Å². The van der Waals surface area contributed by atoms with E-state index >= 15 is 0 Å². The Morgan fingerprint density at radius 2 is 1.21 bits per heavy atom. The van der Waals surface area contributed by atoms with Crippen LogP contribution in [-0.4, -0.2) is 55.6 Å². The number of nitriles is 3. The van der Waals surface area contributed by atoms with Crippen molar-refractivity contribution in [1.29, 1.82) is 15.8 Å². The van der Waals surface area contributed by atoms with Crippen molar-refractivity contribution in [2.75, 3.05) is 35.6 Å². The van der Waals surface area contributed by atoms with E-state index < -0.39 is 11.9 Å². The number of nitrogens with zero attached hydrogens (tertiary/aromatic N) is 8. The van der Waals surface area contributed by atoms with Crippen LogP contribution >= 0.6 is 23.5 Å². The molecule has 0 saturated carbocycles. The number of benzene rings is 2. The molecule has 316 valence electrons. The van der Waals surface area contributed by atoms with Crippen molar-refractivity contribution in [3.63, 3.8) is 0 Å². The summed E-state index contributed by atoms with van der Waals surface area (Å²) in [6.45, 7) is 7.30. The van der Waals surface area contributed by atoms with Crippen LogP contribution in [0, 0.1) is 45.3 Å². The highest BCUT2D eigenvalue weighted by molar-refractivity contribution is 8.06. The van der Waals surface area contributed by atoms with Gasteiger partial charge in [-0.15, -0.1) is 0 Å². The number of thioether (sulfide) groups is 2. The van der Waals surface area contributed by atoms with Crippen LogP contribution in [-0.2, 0) is 4.79 Å². The van der Waals surface area contributed by atoms with Gasteiger partial charge in [-0.25, -0.2) is 24.9 Å². The predicted molar refractivity (Wildman–Crippen MR) is 249 cm³/mol. The predicted octanol–water partition coefficient (Wildman–Crippen LogP) is 8.35. The van der Waals surface area contributed by atoms with Gasteiger partial charge in [0.25, 0.3) is 0 Å². The summed E-state index contributed by atoms with van der Waals surface area (Å²) < 4.78 is 0. The SMILES string of the molecule is CC(C)(C)C(CCNc1nccc(C(C#N)=C2NC(c3ccccc3)=CS2)n1)C(=O)O.N#CC(=C1NC(c2ccccc2)=CS1)c1ccnc(NCCNc2ccc(C#N)cn2)n1. The maximum Gasteiger partial charge on any atom is 0.307 e. The molecular formula is C46H43N13O2S2. The van der Waals surface area contributed by atoms with Gasteiger partial charge in [-0.05, 0) is 47.2 Å². The molecule has 0 radical (unpaired) electrons. The molecule has 17 heteroatoms. The molecule has 2 aliphatic rings. The highest BCUT2D eigenvalue weighted by Gasteiger charge is 2.30. The van der Waals surface area contributed by atoms with Gasteiger partial charge in [-0.1, -0.05) is 105 Å². The second-order valence-corrected chi connectivity index (χ2v) is 16.6. The van der Waals surface area contributed by atoms with Gasteiger partial charge in [-0.2, -0.15) is 15.8 Å². The first-order valence-electron chi connectivity index (χ1n) is 19.7. The summed E-state index contributed by atoms with van der Waals surface area (Å²) in [5.41, 5.74) is 6.09. The fraction of sp³-hybridized carbons (Fsp3) is 0.196. The van der Waals surface area contributed by atoms with Crippen LogP contribution in [0.3, 0.4) is 0 Å². The number of hydrogen-bond donors (Lipinski definition) is 6. The third-order valence-electron chi connectivity index (χ3n) is 9.42. The summed E-state index contributed by atoms with van der Waals surface area (Å²) in [6.07, 6.45) is 5.18. The minimum atomic E-state index is -0.813. The van der Waals surface area contributed by atoms with Crippen LogP contribution in [0.4, 0.5) is 17.7 Å². The van der Waals surface area contributed by atoms with Gasteiger partial charge in [0.2, 0.25) is 11.9 Å². The van der Waals surface area contributed by atoms with Crippen molar-refractivity contribution in [3.05, 3.63) is 152 Å². The first kappa shape index (κ1) is 44.9. The summed E-state index contributed by atoms with van der Waals surface area (Å²) in [6, 6.07) is 33.3. The van der Waals surface area contributed by atoms with Gasteiger partial charge in [0.05, 0.1) is 44.3 Å². The van der Waals surface area contributed by atoms with Crippen LogP contribution in [0.15, 0.2) is 124 Å². The van der Waals surface area contributed by atoms with E-state index in [4.69, 9.17) is 5.26 Å². The normalized spacial score (nSPS) is 14.9. The van der Waals surface area contributed by atoms with E-state index in [-0.39, 0.29) is 5.41 Å². The van der Waals surface area contributed by atoms with Crippen LogP contribution in [0.1, 0.15) is 55.3 Å². The molecule has 2 aromatic carbocycles. The summed E-state index contributed by atoms with van der Waals surface area (Å²) in [7, 11) is 0. The summed E-state index contributed by atoms with van der Waals surface area (Å²) in [4.78, 5) is 33.1. The largest absolute Gasteiger partial charge is 0.481 e. The van der Waals surface area contributed by atoms with Crippen molar-refractivity contribution in [3.8, 4) is 18.2 Å². The monoisotopic (exact) mass is 873 g/mol. The van der Waals surface area contributed by atoms with Crippen LogP contribution in [0.25, 0.3) is 22.5 Å². The quantitative estimate of drug-likeness (QED) is 0.0454. The number of aliphatic carboxylic acids is 1. The van der Waals surface area contributed by atoms with E-state index in [0.717, 1.165) is 27.6 Å². The summed E-state index contributed by atoms with van der Waals surface area (Å²) >= 11 is 2.91. The minimum absolute atomic E-state index is 0.344. The number of aromatic nitrogens is 5. The number of anilines is 3. The number of rotatable bonds is 14. The average Bonchev–Trinajstić information content (AvgIpc) is 4.00. The summed E-state index contributed by atoms with van der Waals surface area (Å²) in [5, 5.41) is 59.2. The zero-order valence-corrected chi connectivity index (χ0v) is 36.3. The molecule has 2 aliphatic heterocycles. The maximum atomic E-state index is 11.5. The highest BCUT2D eigenvalue weighted by Crippen LogP contribution is 2.36. The lowest BCUT2D eigenvalue weighted by atomic mass is 9.79. The van der Waals surface area contributed by atoms with Gasteiger partial charge < -0.3 is 31.7 Å². The molecule has 7 rings (SSSR count). The molecule has 1 unspecified atom stereocenters. The second kappa shape index (κ2) is 21.7. The third kappa shape index (κ3) is 12.5. The fourth-order valence-corrected chi connectivity index (χ4v) is 7.89. The number of hydrogen-bond acceptors (Lipinski definition) is 16. The molecule has 0 aliphatic carbocycles. The van der Waals surface area contributed by atoms with E-state index in [1.807, 2.05) is 98.3 Å². The van der Waals surface area contributed by atoms with Crippen molar-refractivity contribution in [2.45, 2.75) is 27.2 Å². The average molecular weight is 874 g/mol. The Balaban J connectivity index is 0.000000210. The molecule has 0 fully saturated rings. The smallest absolute Gasteiger partial charge is 0.307 e. The lowest BCUT2D eigenvalue weighted by Gasteiger charge is -2.27. The number of nitrogens with one attached hydrogen (secondary N) is 5. The molecule has 5 aromatic rings. The van der Waals surface area contributed by atoms with Crippen molar-refractivity contribution >= 4 is 69.7 Å². The molecule has 0 amide bonds. The third-order valence-corrected chi connectivity index (χ3v) is 11.2. The zero-order chi connectivity index (χ0) is 44.6. The lowest BCUT2D eigenvalue weighted by molar-refractivity contribution is -0.145. The molecule has 15 nitrogen and oxygen atoms in total. The number of carboxylic acids is 1. The molecule has 1 atom stereocenters.